The fourth-order valence-electron chi connectivity index (χ4n) is 2.22. The number of rotatable bonds is 1. The van der Waals surface area contributed by atoms with Gasteiger partial charge >= 0.3 is 0 Å². The molecule has 0 aromatic carbocycles. The number of fused-ring (bicyclic) bond motifs is 1. The smallest absolute Gasteiger partial charge is 0.00775 e. The van der Waals surface area contributed by atoms with Crippen LogP contribution >= 0.6 is 11.3 Å². The van der Waals surface area contributed by atoms with E-state index in [1.807, 2.05) is 11.3 Å². The molecule has 1 aromatic rings. The molecule has 2 rings (SSSR count). The van der Waals surface area contributed by atoms with Gasteiger partial charge in [0.1, 0.15) is 0 Å². The van der Waals surface area contributed by atoms with E-state index >= 15 is 0 Å². The molecule has 1 heterocycles. The van der Waals surface area contributed by atoms with Gasteiger partial charge in [-0.3, -0.25) is 0 Å². The Bertz CT molecular complexity index is 293. The normalized spacial score (nSPS) is 19.9. The van der Waals surface area contributed by atoms with Crippen molar-refractivity contribution in [1.82, 2.24) is 0 Å². The Morgan fingerprint density at radius 3 is 2.92 bits per heavy atom. The molecular weight excluding hydrogens is 176 g/mol. The minimum absolute atomic E-state index is 0.540. The van der Waals surface area contributed by atoms with E-state index in [2.05, 4.69) is 26.2 Å². The Hall–Kier alpha value is -0.300. The molecule has 0 atom stereocenters. The van der Waals surface area contributed by atoms with Gasteiger partial charge in [0.25, 0.3) is 0 Å². The van der Waals surface area contributed by atoms with Crippen molar-refractivity contribution in [1.29, 1.82) is 0 Å². The predicted molar refractivity (Wildman–Crippen MR) is 59.5 cm³/mol. The molecule has 0 unspecified atom stereocenters. The van der Waals surface area contributed by atoms with Gasteiger partial charge in [0.2, 0.25) is 0 Å². The Balaban J connectivity index is 2.36. The third-order valence-corrected chi connectivity index (χ3v) is 4.34. The molecule has 1 heteroatoms. The number of hydrogen-bond donors (Lipinski definition) is 0. The number of aryl methyl sites for hydroxylation is 2. The summed E-state index contributed by atoms with van der Waals surface area (Å²) in [6.07, 6.45) is 5.18. The van der Waals surface area contributed by atoms with Crippen LogP contribution in [0.4, 0.5) is 0 Å². The second kappa shape index (κ2) is 3.13. The maximum atomic E-state index is 2.40. The molecule has 0 radical (unpaired) electrons. The van der Waals surface area contributed by atoms with Crippen LogP contribution in [-0.2, 0) is 19.3 Å². The van der Waals surface area contributed by atoms with E-state index in [1.165, 1.54) is 25.7 Å². The molecule has 13 heavy (non-hydrogen) atoms. The van der Waals surface area contributed by atoms with Crippen molar-refractivity contribution in [2.45, 2.75) is 46.5 Å². The van der Waals surface area contributed by atoms with Crippen molar-refractivity contribution < 1.29 is 0 Å². The van der Waals surface area contributed by atoms with Gasteiger partial charge in [-0.05, 0) is 47.6 Å². The average molecular weight is 194 g/mol. The van der Waals surface area contributed by atoms with Gasteiger partial charge in [0.15, 0.2) is 0 Å². The van der Waals surface area contributed by atoms with Crippen LogP contribution in [0, 0.1) is 5.41 Å². The van der Waals surface area contributed by atoms with Crippen molar-refractivity contribution in [2.24, 2.45) is 5.41 Å². The molecule has 1 aliphatic carbocycles. The van der Waals surface area contributed by atoms with Gasteiger partial charge in [0.05, 0.1) is 0 Å². The first-order chi connectivity index (χ1) is 6.12. The summed E-state index contributed by atoms with van der Waals surface area (Å²) in [7, 11) is 0. The Morgan fingerprint density at radius 2 is 2.23 bits per heavy atom. The van der Waals surface area contributed by atoms with Gasteiger partial charge < -0.3 is 0 Å². The second-order valence-electron chi connectivity index (χ2n) is 4.86. The van der Waals surface area contributed by atoms with E-state index in [9.17, 15) is 0 Å². The van der Waals surface area contributed by atoms with Gasteiger partial charge in [-0.2, -0.15) is 0 Å². The van der Waals surface area contributed by atoms with Gasteiger partial charge in [-0.15, -0.1) is 11.3 Å². The minimum atomic E-state index is 0.540. The summed E-state index contributed by atoms with van der Waals surface area (Å²) in [5, 5.41) is 2.38. The second-order valence-corrected chi connectivity index (χ2v) is 5.82. The summed E-state index contributed by atoms with van der Waals surface area (Å²) >= 11 is 1.97. The lowest BCUT2D eigenvalue weighted by Gasteiger charge is -2.30. The number of thiophene rings is 1. The zero-order valence-electron chi connectivity index (χ0n) is 8.81. The van der Waals surface area contributed by atoms with Crippen LogP contribution in [0.5, 0.6) is 0 Å². The fourth-order valence-corrected chi connectivity index (χ4v) is 3.28. The molecule has 0 aliphatic heterocycles. The van der Waals surface area contributed by atoms with Crippen molar-refractivity contribution in [3.63, 3.8) is 0 Å². The molecule has 1 aliphatic rings. The third kappa shape index (κ3) is 1.67. The van der Waals surface area contributed by atoms with Crippen LogP contribution in [0.1, 0.15) is 43.2 Å². The van der Waals surface area contributed by atoms with Crippen LogP contribution in [0.3, 0.4) is 0 Å². The van der Waals surface area contributed by atoms with E-state index in [4.69, 9.17) is 0 Å². The first kappa shape index (κ1) is 9.26. The quantitative estimate of drug-likeness (QED) is 0.637. The Kier molecular flexibility index (Phi) is 2.23. The molecule has 0 saturated carbocycles. The maximum absolute atomic E-state index is 2.40. The molecule has 0 fully saturated rings. The van der Waals surface area contributed by atoms with Crippen molar-refractivity contribution >= 4 is 11.3 Å². The highest BCUT2D eigenvalue weighted by Gasteiger charge is 2.27. The van der Waals surface area contributed by atoms with Crippen molar-refractivity contribution in [3.8, 4) is 0 Å². The molecule has 0 N–H and O–H groups in total. The molecule has 1 aromatic heterocycles. The monoisotopic (exact) mass is 194 g/mol. The Labute approximate surface area is 85.0 Å². The SMILES string of the molecule is CCc1scc2c1CC(C)(C)CC2. The molecule has 0 amide bonds. The highest BCUT2D eigenvalue weighted by atomic mass is 32.1. The lowest BCUT2D eigenvalue weighted by Crippen LogP contribution is -2.21. The summed E-state index contributed by atoms with van der Waals surface area (Å²) in [5.74, 6) is 0. The molecule has 0 bridgehead atoms. The highest BCUT2D eigenvalue weighted by molar-refractivity contribution is 7.10. The van der Waals surface area contributed by atoms with E-state index < -0.39 is 0 Å². The molecule has 0 saturated heterocycles. The van der Waals surface area contributed by atoms with Crippen molar-refractivity contribution in [2.75, 3.05) is 0 Å². The lowest BCUT2D eigenvalue weighted by molar-refractivity contribution is 0.315. The molecule has 72 valence electrons. The van der Waals surface area contributed by atoms with Crippen LogP contribution in [0.25, 0.3) is 0 Å². The average Bonchev–Trinajstić information content (AvgIpc) is 2.44. The highest BCUT2D eigenvalue weighted by Crippen LogP contribution is 2.38. The summed E-state index contributed by atoms with van der Waals surface area (Å²) in [4.78, 5) is 1.63. The third-order valence-electron chi connectivity index (χ3n) is 3.12. The minimum Gasteiger partial charge on any atom is -0.148 e. The summed E-state index contributed by atoms with van der Waals surface area (Å²) < 4.78 is 0. The first-order valence-corrected chi connectivity index (χ1v) is 6.08. The molecule has 0 nitrogen and oxygen atoms in total. The van der Waals surface area contributed by atoms with E-state index in [1.54, 1.807) is 16.0 Å². The summed E-state index contributed by atoms with van der Waals surface area (Å²) in [6, 6.07) is 0. The van der Waals surface area contributed by atoms with E-state index in [-0.39, 0.29) is 0 Å². The van der Waals surface area contributed by atoms with E-state index in [0.717, 1.165) is 0 Å². The molecular formula is C12H18S. The fraction of sp³-hybridized carbons (Fsp3) is 0.667. The predicted octanol–water partition coefficient (Wildman–Crippen LogP) is 3.83. The van der Waals surface area contributed by atoms with E-state index in [0.29, 0.717) is 5.41 Å². The summed E-state index contributed by atoms with van der Waals surface area (Å²) in [5.41, 5.74) is 3.86. The number of hydrogen-bond acceptors (Lipinski definition) is 1. The van der Waals surface area contributed by atoms with Gasteiger partial charge in [-0.1, -0.05) is 20.8 Å². The topological polar surface area (TPSA) is 0 Å². The largest absolute Gasteiger partial charge is 0.148 e. The molecule has 0 spiro atoms. The van der Waals surface area contributed by atoms with Crippen LogP contribution < -0.4 is 0 Å². The zero-order chi connectivity index (χ0) is 9.47. The Morgan fingerprint density at radius 1 is 1.46 bits per heavy atom. The van der Waals surface area contributed by atoms with Crippen LogP contribution in [0.15, 0.2) is 5.38 Å². The summed E-state index contributed by atoms with van der Waals surface area (Å²) in [6.45, 7) is 7.06. The van der Waals surface area contributed by atoms with Crippen LogP contribution in [-0.4, -0.2) is 0 Å². The van der Waals surface area contributed by atoms with Gasteiger partial charge in [0, 0.05) is 4.88 Å². The van der Waals surface area contributed by atoms with Gasteiger partial charge in [-0.25, -0.2) is 0 Å². The van der Waals surface area contributed by atoms with Crippen molar-refractivity contribution in [3.05, 3.63) is 21.4 Å². The maximum Gasteiger partial charge on any atom is 0.00775 e. The zero-order valence-corrected chi connectivity index (χ0v) is 9.63. The first-order valence-electron chi connectivity index (χ1n) is 5.20. The lowest BCUT2D eigenvalue weighted by atomic mass is 9.75. The standard InChI is InChI=1S/C12H18S/c1-4-11-10-7-12(2,3)6-5-9(10)8-13-11/h8H,4-7H2,1-3H3. The van der Waals surface area contributed by atoms with Crippen LogP contribution in [0.2, 0.25) is 0 Å².